The van der Waals surface area contributed by atoms with Crippen LogP contribution in [0.2, 0.25) is 5.02 Å². The summed E-state index contributed by atoms with van der Waals surface area (Å²) in [6.45, 7) is 8.19. The van der Waals surface area contributed by atoms with E-state index < -0.39 is 0 Å². The minimum absolute atomic E-state index is 0.257. The summed E-state index contributed by atoms with van der Waals surface area (Å²) >= 11 is 11.6. The van der Waals surface area contributed by atoms with Crippen molar-refractivity contribution in [2.45, 2.75) is 20.8 Å². The predicted octanol–water partition coefficient (Wildman–Crippen LogP) is 5.77. The summed E-state index contributed by atoms with van der Waals surface area (Å²) in [5.41, 5.74) is 3.62. The maximum atomic E-state index is 12.8. The van der Waals surface area contributed by atoms with Crippen LogP contribution in [0.25, 0.3) is 10.8 Å². The van der Waals surface area contributed by atoms with Crippen molar-refractivity contribution in [2.75, 3.05) is 23.3 Å². The highest BCUT2D eigenvalue weighted by molar-refractivity contribution is 7.80. The summed E-state index contributed by atoms with van der Waals surface area (Å²) in [7, 11) is 0. The van der Waals surface area contributed by atoms with Crippen LogP contribution in [-0.4, -0.2) is 24.1 Å². The van der Waals surface area contributed by atoms with Crippen molar-refractivity contribution in [3.8, 4) is 0 Å². The first-order valence-corrected chi connectivity index (χ1v) is 10.4. The molecule has 0 aromatic heterocycles. The Kier molecular flexibility index (Phi) is 6.72. The lowest BCUT2D eigenvalue weighted by Gasteiger charge is -2.22. The minimum Gasteiger partial charge on any atom is -0.372 e. The molecule has 29 heavy (non-hydrogen) atoms. The number of amides is 1. The van der Waals surface area contributed by atoms with Gasteiger partial charge in [0.25, 0.3) is 5.91 Å². The van der Waals surface area contributed by atoms with Gasteiger partial charge in [0.2, 0.25) is 0 Å². The SMILES string of the molecule is CCN(CC)c1ccc(NC(=S)NC(=O)c2cccc3c(Cl)cccc23)c(C)c1. The number of nitrogens with zero attached hydrogens (tertiary/aromatic N) is 1. The van der Waals surface area contributed by atoms with E-state index in [0.717, 1.165) is 35.1 Å². The molecule has 0 aliphatic heterocycles. The van der Waals surface area contributed by atoms with Crippen molar-refractivity contribution in [1.82, 2.24) is 5.32 Å². The van der Waals surface area contributed by atoms with Crippen LogP contribution >= 0.6 is 23.8 Å². The van der Waals surface area contributed by atoms with Crippen LogP contribution in [0.5, 0.6) is 0 Å². The number of anilines is 2. The standard InChI is InChI=1S/C23H24ClN3OS/c1-4-27(5-2)16-12-13-21(15(3)14-16)25-23(29)26-22(28)19-10-6-9-18-17(19)8-7-11-20(18)24/h6-14H,4-5H2,1-3H3,(H2,25,26,28,29). The summed E-state index contributed by atoms with van der Waals surface area (Å²) in [6.07, 6.45) is 0. The molecule has 0 saturated carbocycles. The van der Waals surface area contributed by atoms with Crippen LogP contribution in [0.15, 0.2) is 54.6 Å². The van der Waals surface area contributed by atoms with E-state index in [9.17, 15) is 4.79 Å². The Morgan fingerprint density at radius 3 is 2.41 bits per heavy atom. The van der Waals surface area contributed by atoms with Gasteiger partial charge in [0.15, 0.2) is 5.11 Å². The molecule has 0 bridgehead atoms. The number of benzene rings is 3. The topological polar surface area (TPSA) is 44.4 Å². The van der Waals surface area contributed by atoms with Crippen LogP contribution in [0.3, 0.4) is 0 Å². The van der Waals surface area contributed by atoms with Gasteiger partial charge in [-0.25, -0.2) is 0 Å². The first-order valence-electron chi connectivity index (χ1n) is 9.59. The Hall–Kier alpha value is -2.63. The molecule has 0 aliphatic rings. The van der Waals surface area contributed by atoms with Gasteiger partial charge < -0.3 is 10.2 Å². The van der Waals surface area contributed by atoms with E-state index in [1.54, 1.807) is 6.07 Å². The van der Waals surface area contributed by atoms with Gasteiger partial charge in [0.1, 0.15) is 0 Å². The molecule has 0 unspecified atom stereocenters. The summed E-state index contributed by atoms with van der Waals surface area (Å²) in [5.74, 6) is -0.271. The van der Waals surface area contributed by atoms with E-state index in [1.807, 2.05) is 43.3 Å². The lowest BCUT2D eigenvalue weighted by atomic mass is 10.0. The predicted molar refractivity (Wildman–Crippen MR) is 127 cm³/mol. The minimum atomic E-state index is -0.271. The molecule has 1 amide bonds. The van der Waals surface area contributed by atoms with Crippen LogP contribution in [-0.2, 0) is 0 Å². The third-order valence-corrected chi connectivity index (χ3v) is 5.46. The van der Waals surface area contributed by atoms with Crippen LogP contribution in [0, 0.1) is 6.92 Å². The number of rotatable bonds is 5. The van der Waals surface area contributed by atoms with Gasteiger partial charge in [-0.05, 0) is 74.3 Å². The van der Waals surface area contributed by atoms with Crippen molar-refractivity contribution < 1.29 is 4.79 Å². The number of fused-ring (bicyclic) bond motifs is 1. The molecule has 0 fully saturated rings. The molecule has 0 atom stereocenters. The molecule has 0 spiro atoms. The fourth-order valence-corrected chi connectivity index (χ4v) is 3.81. The first-order chi connectivity index (χ1) is 13.9. The molecule has 3 aromatic rings. The summed E-state index contributed by atoms with van der Waals surface area (Å²) in [6, 6.07) is 17.2. The maximum absolute atomic E-state index is 12.8. The number of halogens is 1. The summed E-state index contributed by atoms with van der Waals surface area (Å²) in [5, 5.41) is 8.40. The fourth-order valence-electron chi connectivity index (χ4n) is 3.37. The normalized spacial score (nSPS) is 10.6. The highest BCUT2D eigenvalue weighted by Crippen LogP contribution is 2.26. The average Bonchev–Trinajstić information content (AvgIpc) is 2.70. The Bertz CT molecular complexity index is 1060. The number of carbonyl (C=O) groups is 1. The van der Waals surface area contributed by atoms with Crippen LogP contribution in [0.1, 0.15) is 29.8 Å². The van der Waals surface area contributed by atoms with Crippen molar-refractivity contribution in [2.24, 2.45) is 0 Å². The third-order valence-electron chi connectivity index (χ3n) is 4.93. The van der Waals surface area contributed by atoms with Gasteiger partial charge in [0, 0.05) is 40.4 Å². The Labute approximate surface area is 181 Å². The quantitative estimate of drug-likeness (QED) is 0.509. The van der Waals surface area contributed by atoms with E-state index in [-0.39, 0.29) is 11.0 Å². The van der Waals surface area contributed by atoms with Gasteiger partial charge in [-0.2, -0.15) is 0 Å². The second-order valence-corrected chi connectivity index (χ2v) is 7.54. The second-order valence-electron chi connectivity index (χ2n) is 6.72. The van der Waals surface area contributed by atoms with E-state index in [2.05, 4.69) is 41.5 Å². The zero-order valence-corrected chi connectivity index (χ0v) is 18.3. The lowest BCUT2D eigenvalue weighted by molar-refractivity contribution is 0.0979. The van der Waals surface area contributed by atoms with E-state index in [0.29, 0.717) is 10.6 Å². The summed E-state index contributed by atoms with van der Waals surface area (Å²) < 4.78 is 0. The van der Waals surface area contributed by atoms with Crippen molar-refractivity contribution >= 4 is 57.0 Å². The number of thiocarbonyl (C=S) groups is 1. The smallest absolute Gasteiger partial charge is 0.258 e. The van der Waals surface area contributed by atoms with Gasteiger partial charge in [-0.15, -0.1) is 0 Å². The van der Waals surface area contributed by atoms with E-state index in [1.165, 1.54) is 5.69 Å². The molecule has 2 N–H and O–H groups in total. The van der Waals surface area contributed by atoms with Gasteiger partial charge >= 0.3 is 0 Å². The van der Waals surface area contributed by atoms with Crippen LogP contribution < -0.4 is 15.5 Å². The Morgan fingerprint density at radius 1 is 1.03 bits per heavy atom. The fraction of sp³-hybridized carbons (Fsp3) is 0.217. The molecule has 0 aliphatic carbocycles. The zero-order valence-electron chi connectivity index (χ0n) is 16.8. The number of aryl methyl sites for hydroxylation is 1. The molecule has 3 rings (SSSR count). The summed E-state index contributed by atoms with van der Waals surface area (Å²) in [4.78, 5) is 15.1. The highest BCUT2D eigenvalue weighted by Gasteiger charge is 2.13. The van der Waals surface area contributed by atoms with Gasteiger partial charge in [-0.1, -0.05) is 35.9 Å². The van der Waals surface area contributed by atoms with Crippen LogP contribution in [0.4, 0.5) is 11.4 Å². The van der Waals surface area contributed by atoms with E-state index >= 15 is 0 Å². The Morgan fingerprint density at radius 2 is 1.72 bits per heavy atom. The first kappa shape index (κ1) is 21.1. The van der Waals surface area contributed by atoms with Crippen molar-refractivity contribution in [3.63, 3.8) is 0 Å². The average molecular weight is 426 g/mol. The second kappa shape index (κ2) is 9.25. The van der Waals surface area contributed by atoms with Gasteiger partial charge in [0.05, 0.1) is 0 Å². The molecule has 4 nitrogen and oxygen atoms in total. The molecule has 6 heteroatoms. The number of hydrogen-bond acceptors (Lipinski definition) is 3. The third kappa shape index (κ3) is 4.69. The number of nitrogens with one attached hydrogen (secondary N) is 2. The number of hydrogen-bond donors (Lipinski definition) is 2. The van der Waals surface area contributed by atoms with Gasteiger partial charge in [-0.3, -0.25) is 10.1 Å². The lowest BCUT2D eigenvalue weighted by Crippen LogP contribution is -2.34. The molecule has 3 aromatic carbocycles. The van der Waals surface area contributed by atoms with Crippen molar-refractivity contribution in [3.05, 3.63) is 70.7 Å². The molecule has 150 valence electrons. The zero-order chi connectivity index (χ0) is 21.0. The Balaban J connectivity index is 1.75. The highest BCUT2D eigenvalue weighted by atomic mass is 35.5. The van der Waals surface area contributed by atoms with E-state index in [4.69, 9.17) is 23.8 Å². The van der Waals surface area contributed by atoms with Crippen molar-refractivity contribution in [1.29, 1.82) is 0 Å². The molecule has 0 saturated heterocycles. The maximum Gasteiger partial charge on any atom is 0.258 e. The monoisotopic (exact) mass is 425 g/mol. The molecular formula is C23H24ClN3OS. The largest absolute Gasteiger partial charge is 0.372 e. The molecular weight excluding hydrogens is 402 g/mol. The number of carbonyl (C=O) groups excluding carboxylic acids is 1. The molecule has 0 radical (unpaired) electrons. The molecule has 0 heterocycles.